The molecular formula is C22H26N4O2. The number of likely N-dealkylation sites (tertiary alicyclic amines) is 1. The van der Waals surface area contributed by atoms with Crippen LogP contribution < -0.4 is 10.1 Å². The number of fused-ring (bicyclic) bond motifs is 4. The van der Waals surface area contributed by atoms with Gasteiger partial charge in [-0.05, 0) is 35.4 Å². The van der Waals surface area contributed by atoms with Crippen molar-refractivity contribution in [2.24, 2.45) is 7.05 Å². The molecule has 1 atom stereocenters. The minimum Gasteiger partial charge on any atom is -0.497 e. The number of nitrogens with zero attached hydrogens (tertiary/aromatic N) is 3. The summed E-state index contributed by atoms with van der Waals surface area (Å²) in [6.45, 7) is 3.97. The number of benzene rings is 1. The molecule has 4 heterocycles. The van der Waals surface area contributed by atoms with E-state index in [1.54, 1.807) is 7.11 Å². The van der Waals surface area contributed by atoms with Gasteiger partial charge < -0.3 is 19.7 Å². The van der Waals surface area contributed by atoms with Crippen LogP contribution in [0.2, 0.25) is 0 Å². The third-order valence-corrected chi connectivity index (χ3v) is 6.39. The van der Waals surface area contributed by atoms with E-state index in [1.807, 2.05) is 18.5 Å². The Morgan fingerprint density at radius 3 is 2.75 bits per heavy atom. The highest BCUT2D eigenvalue weighted by molar-refractivity contribution is 5.89. The molecule has 1 aromatic carbocycles. The van der Waals surface area contributed by atoms with Crippen molar-refractivity contribution in [3.05, 3.63) is 59.5 Å². The third kappa shape index (κ3) is 2.56. The van der Waals surface area contributed by atoms with Gasteiger partial charge in [-0.15, -0.1) is 0 Å². The van der Waals surface area contributed by atoms with Crippen molar-refractivity contribution in [3.8, 4) is 5.75 Å². The lowest BCUT2D eigenvalue weighted by Gasteiger charge is -2.54. The van der Waals surface area contributed by atoms with Crippen LogP contribution >= 0.6 is 0 Å². The zero-order chi connectivity index (χ0) is 19.3. The number of hydrogen-bond acceptors (Lipinski definition) is 5. The summed E-state index contributed by atoms with van der Waals surface area (Å²) in [6.07, 6.45) is 3.71. The van der Waals surface area contributed by atoms with Crippen LogP contribution in [0, 0.1) is 0 Å². The lowest BCUT2D eigenvalue weighted by atomic mass is 9.69. The number of nitrogens with one attached hydrogen (secondary N) is 1. The number of methoxy groups -OCH3 is 1. The molecule has 6 nitrogen and oxygen atoms in total. The summed E-state index contributed by atoms with van der Waals surface area (Å²) in [5.41, 5.74) is 5.16. The average molecular weight is 378 g/mol. The highest BCUT2D eigenvalue weighted by Gasteiger charge is 2.50. The molecule has 5 rings (SSSR count). The molecule has 0 saturated carbocycles. The second kappa shape index (κ2) is 6.58. The summed E-state index contributed by atoms with van der Waals surface area (Å²) in [5.74, 6) is 0.862. The van der Waals surface area contributed by atoms with E-state index >= 15 is 0 Å². The zero-order valence-corrected chi connectivity index (χ0v) is 16.4. The van der Waals surface area contributed by atoms with Gasteiger partial charge in [-0.1, -0.05) is 0 Å². The first-order valence-corrected chi connectivity index (χ1v) is 9.77. The highest BCUT2D eigenvalue weighted by Crippen LogP contribution is 2.46. The van der Waals surface area contributed by atoms with E-state index in [2.05, 4.69) is 51.1 Å². The zero-order valence-electron chi connectivity index (χ0n) is 16.4. The second-order valence-corrected chi connectivity index (χ2v) is 8.10. The number of aryl methyl sites for hydroxylation is 1. The van der Waals surface area contributed by atoms with Crippen molar-refractivity contribution in [3.63, 3.8) is 0 Å². The smallest absolute Gasteiger partial charge is 0.120 e. The van der Waals surface area contributed by atoms with E-state index in [1.165, 1.54) is 27.7 Å². The molecule has 0 bridgehead atoms. The Kier molecular flexibility index (Phi) is 4.16. The molecule has 1 saturated heterocycles. The fraction of sp³-hybridized carbons (Fsp3) is 0.409. The first-order valence-electron chi connectivity index (χ1n) is 9.77. The molecule has 2 aliphatic heterocycles. The molecule has 6 heteroatoms. The van der Waals surface area contributed by atoms with E-state index in [9.17, 15) is 5.11 Å². The van der Waals surface area contributed by atoms with Crippen LogP contribution in [0.5, 0.6) is 5.75 Å². The molecule has 0 radical (unpaired) electrons. The summed E-state index contributed by atoms with van der Waals surface area (Å²) in [4.78, 5) is 6.60. The molecular weight excluding hydrogens is 352 g/mol. The summed E-state index contributed by atoms with van der Waals surface area (Å²) in [7, 11) is 3.80. The molecule has 28 heavy (non-hydrogen) atoms. The van der Waals surface area contributed by atoms with Gasteiger partial charge in [0.2, 0.25) is 0 Å². The van der Waals surface area contributed by atoms with Crippen molar-refractivity contribution >= 4 is 10.9 Å². The number of hydrogen-bond donors (Lipinski definition) is 2. The van der Waals surface area contributed by atoms with Gasteiger partial charge in [0.15, 0.2) is 0 Å². The minimum atomic E-state index is -0.0294. The lowest BCUT2D eigenvalue weighted by Crippen LogP contribution is -2.65. The number of aromatic nitrogens is 2. The highest BCUT2D eigenvalue weighted by atomic mass is 16.5. The van der Waals surface area contributed by atoms with Crippen LogP contribution in [-0.2, 0) is 19.0 Å². The fourth-order valence-corrected chi connectivity index (χ4v) is 5.12. The molecule has 3 aromatic rings. The van der Waals surface area contributed by atoms with E-state index < -0.39 is 0 Å². The molecule has 0 unspecified atom stereocenters. The predicted molar refractivity (Wildman–Crippen MR) is 108 cm³/mol. The molecule has 146 valence electrons. The van der Waals surface area contributed by atoms with Crippen LogP contribution in [0.15, 0.2) is 42.7 Å². The Balaban J connectivity index is 1.54. The van der Waals surface area contributed by atoms with Crippen molar-refractivity contribution < 1.29 is 9.84 Å². The van der Waals surface area contributed by atoms with Crippen molar-refractivity contribution in [1.82, 2.24) is 19.8 Å². The topological polar surface area (TPSA) is 62.6 Å². The Morgan fingerprint density at radius 1 is 1.25 bits per heavy atom. The number of rotatable bonds is 4. The van der Waals surface area contributed by atoms with Gasteiger partial charge in [0, 0.05) is 68.2 Å². The van der Waals surface area contributed by atoms with Gasteiger partial charge in [-0.2, -0.15) is 0 Å². The number of ether oxygens (including phenoxy) is 1. The molecule has 0 amide bonds. The standard InChI is InChI=1S/C22H26N4O2/c1-25-19-9-16(28-2)3-4-17(19)20-21(25)18(11-27)24-12-22(20)13-26(14-22)10-15-5-7-23-8-6-15/h3-9,18,24,27H,10-14H2,1-2H3/t18-/m0/s1. The Hall–Kier alpha value is -2.41. The molecule has 2 aromatic heterocycles. The maximum atomic E-state index is 9.98. The van der Waals surface area contributed by atoms with Crippen molar-refractivity contribution in [2.75, 3.05) is 33.4 Å². The van der Waals surface area contributed by atoms with Gasteiger partial charge in [0.05, 0.1) is 25.3 Å². The molecule has 2 aliphatic rings. The summed E-state index contributed by atoms with van der Waals surface area (Å²) in [6, 6.07) is 10.5. The SMILES string of the molecule is COc1ccc2c3c(n(C)c2c1)[C@H](CO)NCC31CN(Cc2ccncc2)C1. The fourth-order valence-electron chi connectivity index (χ4n) is 5.12. The maximum Gasteiger partial charge on any atom is 0.120 e. The van der Waals surface area contributed by atoms with E-state index in [4.69, 9.17) is 4.74 Å². The lowest BCUT2D eigenvalue weighted by molar-refractivity contribution is 0.0443. The van der Waals surface area contributed by atoms with Crippen LogP contribution in [0.3, 0.4) is 0 Å². The minimum absolute atomic E-state index is 0.0294. The Morgan fingerprint density at radius 2 is 2.04 bits per heavy atom. The van der Waals surface area contributed by atoms with E-state index in [0.717, 1.165) is 31.9 Å². The van der Waals surface area contributed by atoms with Crippen LogP contribution in [-0.4, -0.2) is 52.9 Å². The van der Waals surface area contributed by atoms with Gasteiger partial charge in [-0.25, -0.2) is 0 Å². The molecule has 0 aliphatic carbocycles. The molecule has 1 fully saturated rings. The normalized spacial score (nSPS) is 20.9. The van der Waals surface area contributed by atoms with Crippen LogP contribution in [0.1, 0.15) is 22.9 Å². The van der Waals surface area contributed by atoms with Crippen LogP contribution in [0.4, 0.5) is 0 Å². The van der Waals surface area contributed by atoms with E-state index in [0.29, 0.717) is 0 Å². The first kappa shape index (κ1) is 17.7. The quantitative estimate of drug-likeness (QED) is 0.727. The van der Waals surface area contributed by atoms with Crippen LogP contribution in [0.25, 0.3) is 10.9 Å². The molecule has 2 N–H and O–H groups in total. The summed E-state index contributed by atoms with van der Waals surface area (Å²) >= 11 is 0. The van der Waals surface area contributed by atoms with Gasteiger partial charge >= 0.3 is 0 Å². The first-order chi connectivity index (χ1) is 13.6. The summed E-state index contributed by atoms with van der Waals surface area (Å²) < 4.78 is 7.68. The summed E-state index contributed by atoms with van der Waals surface area (Å²) in [5, 5.41) is 14.9. The number of aliphatic hydroxyl groups is 1. The largest absolute Gasteiger partial charge is 0.497 e. The third-order valence-electron chi connectivity index (χ3n) is 6.39. The van der Waals surface area contributed by atoms with Crippen molar-refractivity contribution in [2.45, 2.75) is 18.0 Å². The average Bonchev–Trinajstić information content (AvgIpc) is 3.01. The molecule has 1 spiro atoms. The monoisotopic (exact) mass is 378 g/mol. The number of aliphatic hydroxyl groups excluding tert-OH is 1. The van der Waals surface area contributed by atoms with Crippen molar-refractivity contribution in [1.29, 1.82) is 0 Å². The van der Waals surface area contributed by atoms with Gasteiger partial charge in [-0.3, -0.25) is 9.88 Å². The Bertz CT molecular complexity index is 1010. The second-order valence-electron chi connectivity index (χ2n) is 8.10. The Labute approximate surface area is 164 Å². The van der Waals surface area contributed by atoms with Gasteiger partial charge in [0.1, 0.15) is 5.75 Å². The number of pyridine rings is 1. The van der Waals surface area contributed by atoms with E-state index in [-0.39, 0.29) is 18.1 Å². The van der Waals surface area contributed by atoms with Gasteiger partial charge in [0.25, 0.3) is 0 Å². The predicted octanol–water partition coefficient (Wildman–Crippen LogP) is 1.97. The maximum absolute atomic E-state index is 9.98.